The highest BCUT2D eigenvalue weighted by Crippen LogP contribution is 2.17. The van der Waals surface area contributed by atoms with E-state index in [9.17, 15) is 0 Å². The van der Waals surface area contributed by atoms with Crippen molar-refractivity contribution >= 4 is 0 Å². The highest BCUT2D eigenvalue weighted by atomic mass is 16.5. The predicted octanol–water partition coefficient (Wildman–Crippen LogP) is 0.317. The Kier molecular flexibility index (Phi) is 6.28. The van der Waals surface area contributed by atoms with Crippen LogP contribution in [0.4, 0.5) is 0 Å². The van der Waals surface area contributed by atoms with Crippen molar-refractivity contribution in [3.63, 3.8) is 0 Å². The molecule has 1 fully saturated rings. The van der Waals surface area contributed by atoms with Crippen molar-refractivity contribution in [3.8, 4) is 0 Å². The summed E-state index contributed by atoms with van der Waals surface area (Å²) >= 11 is 0. The zero-order valence-corrected chi connectivity index (χ0v) is 10.7. The van der Waals surface area contributed by atoms with E-state index in [1.165, 1.54) is 0 Å². The lowest BCUT2D eigenvalue weighted by molar-refractivity contribution is 0.0381. The fraction of sp³-hybridized carbons (Fsp3) is 1.00. The lowest BCUT2D eigenvalue weighted by Crippen LogP contribution is -2.41. The first-order chi connectivity index (χ1) is 7.64. The van der Waals surface area contributed by atoms with Gasteiger partial charge in [0.05, 0.1) is 13.2 Å². The minimum Gasteiger partial charge on any atom is -0.396 e. The molecule has 4 nitrogen and oxygen atoms in total. The molecular weight excluding hydrogens is 204 g/mol. The molecule has 16 heavy (non-hydrogen) atoms. The summed E-state index contributed by atoms with van der Waals surface area (Å²) in [7, 11) is 0. The standard InChI is InChI=1S/C12H26N2O2/c1-12(2,3-8-15)11-13-4-5-14-6-9-16-10-7-14/h13,15H,3-11H2,1-2H3. The zero-order chi connectivity index (χ0) is 11.9. The first kappa shape index (κ1) is 13.9. The van der Waals surface area contributed by atoms with E-state index in [0.717, 1.165) is 52.4 Å². The Morgan fingerprint density at radius 3 is 2.62 bits per heavy atom. The minimum absolute atomic E-state index is 0.194. The largest absolute Gasteiger partial charge is 0.396 e. The van der Waals surface area contributed by atoms with E-state index >= 15 is 0 Å². The van der Waals surface area contributed by atoms with Crippen molar-refractivity contribution in [1.82, 2.24) is 10.2 Å². The number of nitrogens with zero attached hydrogens (tertiary/aromatic N) is 1. The van der Waals surface area contributed by atoms with Crippen LogP contribution in [0.2, 0.25) is 0 Å². The highest BCUT2D eigenvalue weighted by Gasteiger charge is 2.16. The molecular formula is C12H26N2O2. The molecule has 96 valence electrons. The summed E-state index contributed by atoms with van der Waals surface area (Å²) in [6.45, 7) is 11.6. The summed E-state index contributed by atoms with van der Waals surface area (Å²) in [4.78, 5) is 2.43. The number of rotatable bonds is 7. The minimum atomic E-state index is 0.194. The molecule has 0 aromatic heterocycles. The Balaban J connectivity index is 2.02. The molecule has 1 rings (SSSR count). The van der Waals surface area contributed by atoms with Crippen LogP contribution in [0.5, 0.6) is 0 Å². The molecule has 0 aliphatic carbocycles. The van der Waals surface area contributed by atoms with Gasteiger partial charge in [0.15, 0.2) is 0 Å². The Bertz CT molecular complexity index is 180. The van der Waals surface area contributed by atoms with E-state index in [2.05, 4.69) is 24.1 Å². The molecule has 0 radical (unpaired) electrons. The molecule has 0 bridgehead atoms. The van der Waals surface area contributed by atoms with Gasteiger partial charge in [-0.25, -0.2) is 0 Å². The smallest absolute Gasteiger partial charge is 0.0594 e. The topological polar surface area (TPSA) is 44.7 Å². The van der Waals surface area contributed by atoms with Crippen LogP contribution in [0.25, 0.3) is 0 Å². The maximum Gasteiger partial charge on any atom is 0.0594 e. The number of morpholine rings is 1. The third-order valence-corrected chi connectivity index (χ3v) is 3.10. The average Bonchev–Trinajstić information content (AvgIpc) is 2.26. The van der Waals surface area contributed by atoms with Gasteiger partial charge in [-0.3, -0.25) is 4.90 Å². The van der Waals surface area contributed by atoms with E-state index in [-0.39, 0.29) is 12.0 Å². The van der Waals surface area contributed by atoms with Gasteiger partial charge in [0.1, 0.15) is 0 Å². The van der Waals surface area contributed by atoms with Gasteiger partial charge < -0.3 is 15.2 Å². The van der Waals surface area contributed by atoms with Crippen LogP contribution in [-0.2, 0) is 4.74 Å². The molecule has 4 heteroatoms. The van der Waals surface area contributed by atoms with Crippen LogP contribution in [0, 0.1) is 5.41 Å². The second kappa shape index (κ2) is 7.22. The first-order valence-corrected chi connectivity index (χ1v) is 6.26. The van der Waals surface area contributed by atoms with Gasteiger partial charge in [-0.15, -0.1) is 0 Å². The van der Waals surface area contributed by atoms with Crippen molar-refractivity contribution in [3.05, 3.63) is 0 Å². The van der Waals surface area contributed by atoms with Crippen LogP contribution in [-0.4, -0.2) is 62.6 Å². The fourth-order valence-corrected chi connectivity index (χ4v) is 1.88. The van der Waals surface area contributed by atoms with Crippen molar-refractivity contribution < 1.29 is 9.84 Å². The number of hydrogen-bond acceptors (Lipinski definition) is 4. The molecule has 0 amide bonds. The van der Waals surface area contributed by atoms with Gasteiger partial charge in [-0.2, -0.15) is 0 Å². The van der Waals surface area contributed by atoms with Crippen molar-refractivity contribution in [1.29, 1.82) is 0 Å². The van der Waals surface area contributed by atoms with Gasteiger partial charge in [0.2, 0.25) is 0 Å². The molecule has 0 saturated carbocycles. The van der Waals surface area contributed by atoms with Gasteiger partial charge in [-0.05, 0) is 11.8 Å². The van der Waals surface area contributed by atoms with Crippen molar-refractivity contribution in [2.24, 2.45) is 5.41 Å². The van der Waals surface area contributed by atoms with Crippen LogP contribution in [0.15, 0.2) is 0 Å². The molecule has 0 atom stereocenters. The first-order valence-electron chi connectivity index (χ1n) is 6.26. The van der Waals surface area contributed by atoms with Crippen LogP contribution >= 0.6 is 0 Å². The molecule has 0 aromatic rings. The predicted molar refractivity (Wildman–Crippen MR) is 65.6 cm³/mol. The van der Waals surface area contributed by atoms with Crippen LogP contribution in [0.1, 0.15) is 20.3 Å². The van der Waals surface area contributed by atoms with Gasteiger partial charge >= 0.3 is 0 Å². The Labute approximate surface area is 99.0 Å². The summed E-state index contributed by atoms with van der Waals surface area (Å²) in [5, 5.41) is 12.4. The van der Waals surface area contributed by atoms with Gasteiger partial charge in [0, 0.05) is 39.3 Å². The summed E-state index contributed by atoms with van der Waals surface area (Å²) in [6, 6.07) is 0. The van der Waals surface area contributed by atoms with Crippen LogP contribution < -0.4 is 5.32 Å². The second-order valence-electron chi connectivity index (χ2n) is 5.27. The Morgan fingerprint density at radius 1 is 1.31 bits per heavy atom. The summed E-state index contributed by atoms with van der Waals surface area (Å²) in [5.74, 6) is 0. The molecule has 2 N–H and O–H groups in total. The molecule has 1 heterocycles. The summed E-state index contributed by atoms with van der Waals surface area (Å²) in [6.07, 6.45) is 0.859. The summed E-state index contributed by atoms with van der Waals surface area (Å²) < 4.78 is 5.30. The normalized spacial score (nSPS) is 18.9. The molecule has 1 aliphatic rings. The number of hydrogen-bond donors (Lipinski definition) is 2. The maximum atomic E-state index is 8.91. The molecule has 0 aromatic carbocycles. The van der Waals surface area contributed by atoms with E-state index in [1.807, 2.05) is 0 Å². The molecule has 0 unspecified atom stereocenters. The average molecular weight is 230 g/mol. The highest BCUT2D eigenvalue weighted by molar-refractivity contribution is 4.72. The van der Waals surface area contributed by atoms with E-state index in [4.69, 9.17) is 9.84 Å². The quantitative estimate of drug-likeness (QED) is 0.618. The second-order valence-corrected chi connectivity index (χ2v) is 5.27. The third kappa shape index (κ3) is 5.80. The van der Waals surface area contributed by atoms with E-state index in [0.29, 0.717) is 0 Å². The van der Waals surface area contributed by atoms with Crippen LogP contribution in [0.3, 0.4) is 0 Å². The maximum absolute atomic E-state index is 8.91. The Morgan fingerprint density at radius 2 is 2.00 bits per heavy atom. The molecule has 1 saturated heterocycles. The molecule has 0 spiro atoms. The monoisotopic (exact) mass is 230 g/mol. The number of aliphatic hydroxyl groups is 1. The SMILES string of the molecule is CC(C)(CCO)CNCCN1CCOCC1. The summed E-state index contributed by atoms with van der Waals surface area (Å²) in [5.41, 5.74) is 0.194. The van der Waals surface area contributed by atoms with E-state index < -0.39 is 0 Å². The zero-order valence-electron chi connectivity index (χ0n) is 10.7. The van der Waals surface area contributed by atoms with Crippen molar-refractivity contribution in [2.75, 3.05) is 52.5 Å². The lowest BCUT2D eigenvalue weighted by Gasteiger charge is -2.28. The van der Waals surface area contributed by atoms with Crippen molar-refractivity contribution in [2.45, 2.75) is 20.3 Å². The number of ether oxygens (including phenoxy) is 1. The Hall–Kier alpha value is -0.160. The van der Waals surface area contributed by atoms with Gasteiger partial charge in [-0.1, -0.05) is 13.8 Å². The number of aliphatic hydroxyl groups excluding tert-OH is 1. The number of nitrogens with one attached hydrogen (secondary N) is 1. The third-order valence-electron chi connectivity index (χ3n) is 3.10. The van der Waals surface area contributed by atoms with E-state index in [1.54, 1.807) is 0 Å². The lowest BCUT2D eigenvalue weighted by atomic mass is 9.90. The van der Waals surface area contributed by atoms with Gasteiger partial charge in [0.25, 0.3) is 0 Å². The fourth-order valence-electron chi connectivity index (χ4n) is 1.88. The molecule has 1 aliphatic heterocycles.